The second kappa shape index (κ2) is 39.9. The molecule has 0 aromatic rings. The minimum atomic E-state index is -1.78. The molecule has 2 fully saturated rings. The molecule has 15 heteroatoms. The number of hydrogen-bond donors (Lipinski definition) is 7. The first-order valence-corrected chi connectivity index (χ1v) is 25.9. The van der Waals surface area contributed by atoms with Gasteiger partial charge in [-0.3, -0.25) is 9.59 Å². The molecule has 2 heterocycles. The molecule has 2 aliphatic heterocycles. The van der Waals surface area contributed by atoms with Crippen LogP contribution < -0.4 is 0 Å². The van der Waals surface area contributed by atoms with Crippen LogP contribution in [0.25, 0.3) is 0 Å². The Morgan fingerprint density at radius 3 is 1.51 bits per heavy atom. The quantitative estimate of drug-likeness (QED) is 0.0183. The summed E-state index contributed by atoms with van der Waals surface area (Å²) in [6, 6.07) is 0. The van der Waals surface area contributed by atoms with Gasteiger partial charge in [-0.15, -0.1) is 0 Å². The normalized spacial score (nSPS) is 26.2. The number of carbonyl (C=O) groups excluding carboxylic acids is 2. The molecular formula is C53H90O15. The Balaban J connectivity index is 1.84. The second-order valence-electron chi connectivity index (χ2n) is 18.0. The number of allylic oxidation sites excluding steroid dienone is 10. The molecule has 0 aliphatic carbocycles. The van der Waals surface area contributed by atoms with Crippen LogP contribution in [0.5, 0.6) is 0 Å². The smallest absolute Gasteiger partial charge is 0.306 e. The van der Waals surface area contributed by atoms with Gasteiger partial charge < -0.3 is 64.2 Å². The predicted molar refractivity (Wildman–Crippen MR) is 261 cm³/mol. The summed E-state index contributed by atoms with van der Waals surface area (Å²) in [7, 11) is 0. The molecule has 0 saturated carbocycles. The number of aliphatic hydroxyl groups is 7. The third-order valence-corrected chi connectivity index (χ3v) is 12.0. The van der Waals surface area contributed by atoms with E-state index in [9.17, 15) is 45.3 Å². The summed E-state index contributed by atoms with van der Waals surface area (Å²) in [5.41, 5.74) is 0. The lowest BCUT2D eigenvalue weighted by atomic mass is 9.98. The van der Waals surface area contributed by atoms with Crippen molar-refractivity contribution in [3.8, 4) is 0 Å². The largest absolute Gasteiger partial charge is 0.462 e. The van der Waals surface area contributed by atoms with Gasteiger partial charge >= 0.3 is 11.9 Å². The van der Waals surface area contributed by atoms with Crippen molar-refractivity contribution in [1.82, 2.24) is 0 Å². The Hall–Kier alpha value is -2.80. The van der Waals surface area contributed by atoms with Gasteiger partial charge in [-0.1, -0.05) is 152 Å². The minimum Gasteiger partial charge on any atom is -0.462 e. The highest BCUT2D eigenvalue weighted by molar-refractivity contribution is 5.70. The number of ether oxygens (including phenoxy) is 6. The van der Waals surface area contributed by atoms with Crippen molar-refractivity contribution in [3.63, 3.8) is 0 Å². The fourth-order valence-electron chi connectivity index (χ4n) is 7.69. The fraction of sp³-hybridized carbons (Fsp3) is 0.774. The van der Waals surface area contributed by atoms with E-state index in [1.807, 2.05) is 6.08 Å². The Bertz CT molecular complexity index is 1420. The van der Waals surface area contributed by atoms with Crippen LogP contribution in [0.2, 0.25) is 0 Å². The van der Waals surface area contributed by atoms with E-state index < -0.39 is 99.3 Å². The predicted octanol–water partition coefficient (Wildman–Crippen LogP) is 7.27. The van der Waals surface area contributed by atoms with Gasteiger partial charge in [0.15, 0.2) is 18.7 Å². The first-order chi connectivity index (χ1) is 33.0. The summed E-state index contributed by atoms with van der Waals surface area (Å²) < 4.78 is 33.5. The zero-order valence-corrected chi connectivity index (χ0v) is 41.3. The van der Waals surface area contributed by atoms with E-state index in [0.29, 0.717) is 12.8 Å². The summed E-state index contributed by atoms with van der Waals surface area (Å²) in [5, 5.41) is 72.1. The number of rotatable bonds is 39. The number of unbranched alkanes of at least 4 members (excludes halogenated alkanes) is 15. The molecule has 392 valence electrons. The molecule has 0 radical (unpaired) electrons. The van der Waals surface area contributed by atoms with Crippen molar-refractivity contribution < 1.29 is 73.8 Å². The van der Waals surface area contributed by atoms with Crippen LogP contribution in [-0.4, -0.2) is 142 Å². The van der Waals surface area contributed by atoms with E-state index in [0.717, 1.165) is 57.8 Å². The molecule has 11 atom stereocenters. The van der Waals surface area contributed by atoms with Gasteiger partial charge in [-0.25, -0.2) is 0 Å². The Kier molecular flexibility index (Phi) is 36.0. The molecule has 0 spiro atoms. The van der Waals surface area contributed by atoms with Crippen LogP contribution in [-0.2, 0) is 38.0 Å². The van der Waals surface area contributed by atoms with Gasteiger partial charge in [0.2, 0.25) is 0 Å². The van der Waals surface area contributed by atoms with Crippen molar-refractivity contribution in [3.05, 3.63) is 60.8 Å². The van der Waals surface area contributed by atoms with E-state index in [1.54, 1.807) is 0 Å². The lowest BCUT2D eigenvalue weighted by Crippen LogP contribution is -2.61. The molecule has 2 rings (SSSR count). The standard InChI is InChI=1S/C53H90O15/c1-3-5-7-9-11-13-15-17-19-20-22-24-26-28-30-32-34-36-45(56)66-41(38-63-44(55)35-33-31-29-27-25-23-21-18-16-14-12-10-8-6-4-2)39-64-52-51(62)49(60)47(58)43(68-52)40-65-53-50(61)48(59)46(57)42(37-54)67-53/h7,9,13,15,19-20,24,26,29,31,41-43,46-54,57-62H,3-6,8,10-12,14,16-18,21-23,25,27-28,30,32-40H2,1-2H3/b9-7+,15-13+,20-19+,26-24+,31-29+/t41-,42+,43+,46-,47-,48?,49?,50?,51?,52+,53+/m1/s1. The molecule has 7 N–H and O–H groups in total. The first-order valence-electron chi connectivity index (χ1n) is 25.9. The highest BCUT2D eigenvalue weighted by atomic mass is 16.7. The average molecular weight is 967 g/mol. The molecule has 0 amide bonds. The highest BCUT2D eigenvalue weighted by Gasteiger charge is 2.47. The summed E-state index contributed by atoms with van der Waals surface area (Å²) in [5.74, 6) is -1.02. The second-order valence-corrected chi connectivity index (χ2v) is 18.0. The minimum absolute atomic E-state index is 0.119. The maximum absolute atomic E-state index is 13.0. The van der Waals surface area contributed by atoms with E-state index >= 15 is 0 Å². The highest BCUT2D eigenvalue weighted by Crippen LogP contribution is 2.26. The molecule has 0 bridgehead atoms. The van der Waals surface area contributed by atoms with Gasteiger partial charge in [0.05, 0.1) is 19.8 Å². The Labute approximate surface area is 407 Å². The SMILES string of the molecule is CCC/C=C/C/C=C/C/C=C/C/C=C/CCCCCC(=O)O[C@H](COC(=O)CC/C=C/CCCCCCCCCCCCC)CO[C@H]1O[C@@H](CO[C@H]2O[C@@H](CO)[C@@H](O)C(O)C2O)[C@@H](O)C(O)C1O. The molecule has 15 nitrogen and oxygen atoms in total. The monoisotopic (exact) mass is 967 g/mol. The van der Waals surface area contributed by atoms with E-state index in [-0.39, 0.29) is 19.4 Å². The first kappa shape index (κ1) is 61.3. The lowest BCUT2D eigenvalue weighted by molar-refractivity contribution is -0.332. The van der Waals surface area contributed by atoms with Gasteiger partial charge in [-0.05, 0) is 64.2 Å². The van der Waals surface area contributed by atoms with Crippen molar-refractivity contribution in [2.45, 2.75) is 235 Å². The summed E-state index contributed by atoms with van der Waals surface area (Å²) in [4.78, 5) is 25.7. The van der Waals surface area contributed by atoms with Crippen LogP contribution in [0.1, 0.15) is 168 Å². The van der Waals surface area contributed by atoms with E-state index in [2.05, 4.69) is 68.5 Å². The number of carbonyl (C=O) groups is 2. The van der Waals surface area contributed by atoms with Crippen molar-refractivity contribution in [2.24, 2.45) is 0 Å². The molecule has 4 unspecified atom stereocenters. The van der Waals surface area contributed by atoms with Crippen molar-refractivity contribution in [1.29, 1.82) is 0 Å². The zero-order valence-electron chi connectivity index (χ0n) is 41.3. The molecule has 2 aliphatic rings. The fourth-order valence-corrected chi connectivity index (χ4v) is 7.69. The third-order valence-electron chi connectivity index (χ3n) is 12.0. The number of aliphatic hydroxyl groups excluding tert-OH is 7. The van der Waals surface area contributed by atoms with Crippen LogP contribution in [0.15, 0.2) is 60.8 Å². The number of hydrogen-bond acceptors (Lipinski definition) is 15. The van der Waals surface area contributed by atoms with Crippen LogP contribution >= 0.6 is 0 Å². The van der Waals surface area contributed by atoms with Gasteiger partial charge in [-0.2, -0.15) is 0 Å². The van der Waals surface area contributed by atoms with Crippen molar-refractivity contribution in [2.75, 3.05) is 26.4 Å². The van der Waals surface area contributed by atoms with Crippen LogP contribution in [0.4, 0.5) is 0 Å². The van der Waals surface area contributed by atoms with Crippen molar-refractivity contribution >= 4 is 11.9 Å². The van der Waals surface area contributed by atoms with Crippen LogP contribution in [0.3, 0.4) is 0 Å². The summed E-state index contributed by atoms with van der Waals surface area (Å²) in [6.45, 7) is 2.44. The third kappa shape index (κ3) is 27.6. The van der Waals surface area contributed by atoms with Gasteiger partial charge in [0, 0.05) is 12.8 Å². The zero-order chi connectivity index (χ0) is 49.6. The Morgan fingerprint density at radius 1 is 0.471 bits per heavy atom. The van der Waals surface area contributed by atoms with Gasteiger partial charge in [0.1, 0.15) is 55.4 Å². The Morgan fingerprint density at radius 2 is 0.941 bits per heavy atom. The molecular weight excluding hydrogens is 877 g/mol. The van der Waals surface area contributed by atoms with E-state index in [4.69, 9.17) is 28.4 Å². The molecule has 0 aromatic carbocycles. The average Bonchev–Trinajstić information content (AvgIpc) is 3.33. The maximum Gasteiger partial charge on any atom is 0.306 e. The maximum atomic E-state index is 13.0. The molecule has 0 aromatic heterocycles. The molecule has 68 heavy (non-hydrogen) atoms. The number of esters is 2. The summed E-state index contributed by atoms with van der Waals surface area (Å²) in [6.07, 6.45) is 28.3. The topological polar surface area (TPSA) is 231 Å². The molecule has 2 saturated heterocycles. The summed E-state index contributed by atoms with van der Waals surface area (Å²) >= 11 is 0. The van der Waals surface area contributed by atoms with Crippen LogP contribution in [0, 0.1) is 0 Å². The lowest BCUT2D eigenvalue weighted by Gasteiger charge is -2.42. The van der Waals surface area contributed by atoms with Gasteiger partial charge in [0.25, 0.3) is 0 Å². The van der Waals surface area contributed by atoms with E-state index in [1.165, 1.54) is 70.6 Å².